The molecule has 0 spiro atoms. The lowest BCUT2D eigenvalue weighted by molar-refractivity contribution is 0.0697. The number of carboxylic acid groups (broad SMARTS) is 1. The van der Waals surface area contributed by atoms with Crippen LogP contribution in [-0.4, -0.2) is 42.5 Å². The van der Waals surface area contributed by atoms with Crippen molar-refractivity contribution in [1.29, 1.82) is 0 Å². The molecule has 0 atom stereocenters. The van der Waals surface area contributed by atoms with Crippen molar-refractivity contribution < 1.29 is 27.8 Å². The summed E-state index contributed by atoms with van der Waals surface area (Å²) in [5, 5.41) is 13.5. The summed E-state index contributed by atoms with van der Waals surface area (Å²) in [4.78, 5) is 11.5. The van der Waals surface area contributed by atoms with Crippen molar-refractivity contribution in [2.45, 2.75) is 4.90 Å². The van der Waals surface area contributed by atoms with Crippen molar-refractivity contribution in [3.05, 3.63) is 60.4 Å². The third-order valence-corrected chi connectivity index (χ3v) is 5.37. The average Bonchev–Trinajstić information content (AvgIpc) is 3.19. The molecule has 0 aliphatic carbocycles. The Kier molecular flexibility index (Phi) is 4.40. The Hall–Kier alpha value is -3.53. The molecule has 28 heavy (non-hydrogen) atoms. The first-order chi connectivity index (χ1) is 13.4. The molecule has 0 saturated carbocycles. The second-order valence-corrected chi connectivity index (χ2v) is 7.59. The lowest BCUT2D eigenvalue weighted by Crippen LogP contribution is -2.19. The quantitative estimate of drug-likeness (QED) is 0.672. The zero-order valence-corrected chi connectivity index (χ0v) is 15.2. The lowest BCUT2D eigenvalue weighted by Gasteiger charge is -2.20. The van der Waals surface area contributed by atoms with Crippen molar-refractivity contribution in [1.82, 2.24) is 9.78 Å². The van der Waals surface area contributed by atoms with Crippen LogP contribution in [0.2, 0.25) is 0 Å². The Labute approximate surface area is 160 Å². The zero-order valence-electron chi connectivity index (χ0n) is 14.4. The van der Waals surface area contributed by atoms with E-state index in [1.54, 1.807) is 24.3 Å². The molecule has 1 aliphatic heterocycles. The van der Waals surface area contributed by atoms with Gasteiger partial charge in [-0.05, 0) is 12.1 Å². The van der Waals surface area contributed by atoms with Crippen molar-refractivity contribution in [2.24, 2.45) is 0 Å². The fraction of sp³-hybridized carbons (Fsp3) is 0.111. The van der Waals surface area contributed by atoms with Crippen LogP contribution in [0.25, 0.3) is 5.69 Å². The molecule has 2 aromatic carbocycles. The van der Waals surface area contributed by atoms with Crippen molar-refractivity contribution in [2.75, 3.05) is 17.9 Å². The van der Waals surface area contributed by atoms with E-state index in [1.165, 1.54) is 29.2 Å². The van der Waals surface area contributed by atoms with Crippen LogP contribution in [0.4, 0.5) is 5.69 Å². The van der Waals surface area contributed by atoms with Crippen LogP contribution in [0, 0.1) is 0 Å². The summed E-state index contributed by atoms with van der Waals surface area (Å²) in [6.07, 6.45) is 2.53. The van der Waals surface area contributed by atoms with Gasteiger partial charge in [-0.2, -0.15) is 5.10 Å². The van der Waals surface area contributed by atoms with Crippen LogP contribution < -0.4 is 14.2 Å². The Balaban J connectivity index is 1.68. The molecule has 0 bridgehead atoms. The normalized spacial score (nSPS) is 13.1. The number of nitrogens with zero attached hydrogens (tertiary/aromatic N) is 2. The van der Waals surface area contributed by atoms with Gasteiger partial charge >= 0.3 is 5.97 Å². The summed E-state index contributed by atoms with van der Waals surface area (Å²) in [6.45, 7) is 0.575. The first-order valence-corrected chi connectivity index (χ1v) is 9.72. The van der Waals surface area contributed by atoms with E-state index in [-0.39, 0.29) is 40.9 Å². The van der Waals surface area contributed by atoms with Crippen molar-refractivity contribution in [3.8, 4) is 17.2 Å². The van der Waals surface area contributed by atoms with Gasteiger partial charge in [-0.3, -0.25) is 4.72 Å². The maximum absolute atomic E-state index is 12.8. The largest absolute Gasteiger partial charge is 0.486 e. The molecule has 3 aromatic rings. The van der Waals surface area contributed by atoms with E-state index in [1.807, 2.05) is 6.07 Å². The van der Waals surface area contributed by atoms with E-state index >= 15 is 0 Å². The molecular formula is C18H15N3O6S. The number of aromatic nitrogens is 2. The Morgan fingerprint density at radius 2 is 1.79 bits per heavy atom. The number of hydrogen-bond acceptors (Lipinski definition) is 6. The van der Waals surface area contributed by atoms with Crippen LogP contribution >= 0.6 is 0 Å². The predicted molar refractivity (Wildman–Crippen MR) is 98.8 cm³/mol. The minimum atomic E-state index is -4.08. The molecule has 0 unspecified atom stereocenters. The molecule has 10 heteroatoms. The monoisotopic (exact) mass is 401 g/mol. The summed E-state index contributed by atoms with van der Waals surface area (Å²) in [7, 11) is -4.08. The van der Waals surface area contributed by atoms with Gasteiger partial charge < -0.3 is 14.6 Å². The predicted octanol–water partition coefficient (Wildman–Crippen LogP) is 2.14. The Morgan fingerprint density at radius 3 is 2.46 bits per heavy atom. The van der Waals surface area contributed by atoms with Crippen LogP contribution in [0.1, 0.15) is 10.4 Å². The number of carboxylic acids is 1. The number of benzene rings is 2. The Morgan fingerprint density at radius 1 is 1.11 bits per heavy atom. The molecule has 2 N–H and O–H groups in total. The first kappa shape index (κ1) is 17.9. The van der Waals surface area contributed by atoms with Crippen LogP contribution in [0.15, 0.2) is 59.8 Å². The first-order valence-electron chi connectivity index (χ1n) is 8.24. The number of ether oxygens (including phenoxy) is 2. The summed E-state index contributed by atoms with van der Waals surface area (Å²) >= 11 is 0. The second kappa shape index (κ2) is 6.89. The van der Waals surface area contributed by atoms with Gasteiger partial charge in [0.2, 0.25) is 0 Å². The molecule has 0 amide bonds. The van der Waals surface area contributed by atoms with E-state index in [9.17, 15) is 18.3 Å². The lowest BCUT2D eigenvalue weighted by atomic mass is 10.1. The molecule has 4 rings (SSSR count). The number of carbonyl (C=O) groups is 1. The highest BCUT2D eigenvalue weighted by Gasteiger charge is 2.24. The molecule has 2 heterocycles. The maximum atomic E-state index is 12.8. The average molecular weight is 401 g/mol. The van der Waals surface area contributed by atoms with Crippen LogP contribution in [0.5, 0.6) is 11.5 Å². The van der Waals surface area contributed by atoms with E-state index < -0.39 is 16.0 Å². The molecule has 144 valence electrons. The number of anilines is 1. The number of para-hydroxylation sites is 1. The minimum absolute atomic E-state index is 0.109. The SMILES string of the molecule is O=C(O)c1cc2c(cc1NS(=O)(=O)c1cnn(-c3ccccc3)c1)OCCO2. The molecule has 0 saturated heterocycles. The van der Waals surface area contributed by atoms with Gasteiger partial charge in [-0.15, -0.1) is 0 Å². The highest BCUT2D eigenvalue weighted by molar-refractivity contribution is 7.92. The zero-order chi connectivity index (χ0) is 19.7. The standard InChI is InChI=1S/C18H15N3O6S/c22-18(23)14-8-16-17(27-7-6-26-16)9-15(14)20-28(24,25)13-10-19-21(11-13)12-4-2-1-3-5-12/h1-5,8-11,20H,6-7H2,(H,22,23). The fourth-order valence-corrected chi connectivity index (χ4v) is 3.72. The molecule has 9 nitrogen and oxygen atoms in total. The van der Waals surface area contributed by atoms with Gasteiger partial charge in [0, 0.05) is 12.1 Å². The van der Waals surface area contributed by atoms with Gasteiger partial charge in [-0.25, -0.2) is 17.9 Å². The topological polar surface area (TPSA) is 120 Å². The van der Waals surface area contributed by atoms with Gasteiger partial charge in [0.1, 0.15) is 18.1 Å². The fourth-order valence-electron chi connectivity index (χ4n) is 2.72. The number of nitrogens with one attached hydrogen (secondary N) is 1. The van der Waals surface area contributed by atoms with Gasteiger partial charge in [-0.1, -0.05) is 18.2 Å². The van der Waals surface area contributed by atoms with E-state index in [4.69, 9.17) is 9.47 Å². The number of aromatic carboxylic acids is 1. The number of fused-ring (bicyclic) bond motifs is 1. The van der Waals surface area contributed by atoms with Gasteiger partial charge in [0.15, 0.2) is 11.5 Å². The smallest absolute Gasteiger partial charge is 0.337 e. The third-order valence-electron chi connectivity index (χ3n) is 4.05. The molecular weight excluding hydrogens is 386 g/mol. The number of hydrogen-bond donors (Lipinski definition) is 2. The Bertz CT molecular complexity index is 1140. The van der Waals surface area contributed by atoms with Crippen LogP contribution in [0.3, 0.4) is 0 Å². The minimum Gasteiger partial charge on any atom is -0.486 e. The van der Waals surface area contributed by atoms with Crippen molar-refractivity contribution >= 4 is 21.7 Å². The summed E-state index contributed by atoms with van der Waals surface area (Å²) < 4.78 is 40.0. The molecule has 0 radical (unpaired) electrons. The number of rotatable bonds is 5. The number of sulfonamides is 1. The van der Waals surface area contributed by atoms with E-state index in [0.29, 0.717) is 5.69 Å². The summed E-state index contributed by atoms with van der Waals surface area (Å²) in [5.41, 5.74) is 0.321. The summed E-state index contributed by atoms with van der Waals surface area (Å²) in [6, 6.07) is 11.5. The van der Waals surface area contributed by atoms with Crippen molar-refractivity contribution in [3.63, 3.8) is 0 Å². The van der Waals surface area contributed by atoms with Crippen LogP contribution in [-0.2, 0) is 10.0 Å². The maximum Gasteiger partial charge on any atom is 0.337 e. The van der Waals surface area contributed by atoms with E-state index in [0.717, 1.165) is 0 Å². The molecule has 0 fully saturated rings. The van der Waals surface area contributed by atoms with E-state index in [2.05, 4.69) is 9.82 Å². The second-order valence-electron chi connectivity index (χ2n) is 5.91. The molecule has 1 aromatic heterocycles. The highest BCUT2D eigenvalue weighted by Crippen LogP contribution is 2.36. The van der Waals surface area contributed by atoms with Gasteiger partial charge in [0.25, 0.3) is 10.0 Å². The highest BCUT2D eigenvalue weighted by atomic mass is 32.2. The van der Waals surface area contributed by atoms with Gasteiger partial charge in [0.05, 0.1) is 29.3 Å². The molecule has 1 aliphatic rings. The third kappa shape index (κ3) is 3.37. The summed E-state index contributed by atoms with van der Waals surface area (Å²) in [5.74, 6) is -0.771.